The van der Waals surface area contributed by atoms with Gasteiger partial charge in [0.2, 0.25) is 5.91 Å². The van der Waals surface area contributed by atoms with Gasteiger partial charge in [-0.3, -0.25) is 4.79 Å². The number of nitrogens with two attached hydrogens (primary N) is 1. The van der Waals surface area contributed by atoms with E-state index in [1.807, 2.05) is 36.4 Å². The summed E-state index contributed by atoms with van der Waals surface area (Å²) in [6.45, 7) is 0. The minimum absolute atomic E-state index is 0.341. The lowest BCUT2D eigenvalue weighted by Crippen LogP contribution is -2.15. The van der Waals surface area contributed by atoms with Crippen molar-refractivity contribution in [2.24, 2.45) is 5.73 Å². The van der Waals surface area contributed by atoms with E-state index >= 15 is 0 Å². The zero-order valence-electron chi connectivity index (χ0n) is 7.73. The number of benzene rings is 1. The molecule has 1 amide bonds. The third-order valence-electron chi connectivity index (χ3n) is 2.33. The molecule has 2 nitrogen and oxygen atoms in total. The SMILES string of the molecule is NC(=O)C1=CC=Cc2ccccc2C1. The van der Waals surface area contributed by atoms with Gasteiger partial charge in [-0.1, -0.05) is 42.5 Å². The molecule has 0 unspecified atom stereocenters. The normalized spacial score (nSPS) is 14.1. The lowest BCUT2D eigenvalue weighted by Gasteiger charge is -2.04. The van der Waals surface area contributed by atoms with Crippen molar-refractivity contribution < 1.29 is 4.79 Å². The molecule has 0 aromatic heterocycles. The number of hydrogen-bond acceptors (Lipinski definition) is 1. The summed E-state index contributed by atoms with van der Waals surface area (Å²) in [6.07, 6.45) is 6.26. The maximum Gasteiger partial charge on any atom is 0.244 e. The van der Waals surface area contributed by atoms with Gasteiger partial charge in [0, 0.05) is 12.0 Å². The Kier molecular flexibility index (Phi) is 2.19. The summed E-state index contributed by atoms with van der Waals surface area (Å²) in [7, 11) is 0. The molecule has 1 aliphatic carbocycles. The van der Waals surface area contributed by atoms with Crippen LogP contribution in [0.15, 0.2) is 42.0 Å². The lowest BCUT2D eigenvalue weighted by molar-refractivity contribution is -0.114. The van der Waals surface area contributed by atoms with Gasteiger partial charge in [-0.25, -0.2) is 0 Å². The molecule has 0 heterocycles. The molecule has 2 N–H and O–H groups in total. The summed E-state index contributed by atoms with van der Waals surface area (Å²) in [5.74, 6) is -0.341. The Morgan fingerprint density at radius 1 is 1.29 bits per heavy atom. The van der Waals surface area contributed by atoms with Gasteiger partial charge in [0.25, 0.3) is 0 Å². The summed E-state index contributed by atoms with van der Waals surface area (Å²) >= 11 is 0. The van der Waals surface area contributed by atoms with Crippen LogP contribution in [0.25, 0.3) is 6.08 Å². The molecule has 14 heavy (non-hydrogen) atoms. The van der Waals surface area contributed by atoms with E-state index < -0.39 is 0 Å². The first-order chi connectivity index (χ1) is 6.77. The minimum Gasteiger partial charge on any atom is -0.366 e. The van der Waals surface area contributed by atoms with Gasteiger partial charge < -0.3 is 5.73 Å². The molecule has 70 valence electrons. The number of amides is 1. The van der Waals surface area contributed by atoms with Crippen molar-refractivity contribution in [2.45, 2.75) is 6.42 Å². The highest BCUT2D eigenvalue weighted by molar-refractivity contribution is 5.93. The van der Waals surface area contributed by atoms with Crippen molar-refractivity contribution >= 4 is 12.0 Å². The first kappa shape index (κ1) is 8.75. The maximum atomic E-state index is 11.0. The number of allylic oxidation sites excluding steroid dienone is 2. The first-order valence-corrected chi connectivity index (χ1v) is 4.52. The van der Waals surface area contributed by atoms with Crippen molar-refractivity contribution in [2.75, 3.05) is 0 Å². The second kappa shape index (κ2) is 3.50. The molecular weight excluding hydrogens is 174 g/mol. The van der Waals surface area contributed by atoms with Crippen LogP contribution in [0.4, 0.5) is 0 Å². The molecule has 2 heteroatoms. The number of carbonyl (C=O) groups excluding carboxylic acids is 1. The smallest absolute Gasteiger partial charge is 0.244 e. The third-order valence-corrected chi connectivity index (χ3v) is 2.33. The van der Waals surface area contributed by atoms with Crippen LogP contribution in [-0.4, -0.2) is 5.91 Å². The van der Waals surface area contributed by atoms with Crippen molar-refractivity contribution in [3.8, 4) is 0 Å². The summed E-state index contributed by atoms with van der Waals surface area (Å²) in [4.78, 5) is 11.0. The van der Waals surface area contributed by atoms with E-state index in [4.69, 9.17) is 5.73 Å². The highest BCUT2D eigenvalue weighted by Gasteiger charge is 2.09. The maximum absolute atomic E-state index is 11.0. The first-order valence-electron chi connectivity index (χ1n) is 4.52. The molecule has 0 spiro atoms. The molecule has 0 fully saturated rings. The van der Waals surface area contributed by atoms with Crippen molar-refractivity contribution in [3.63, 3.8) is 0 Å². The van der Waals surface area contributed by atoms with E-state index in [0.717, 1.165) is 11.1 Å². The van der Waals surface area contributed by atoms with Crippen LogP contribution in [0.5, 0.6) is 0 Å². The molecular formula is C12H11NO. The number of hydrogen-bond donors (Lipinski definition) is 1. The van der Waals surface area contributed by atoms with Crippen LogP contribution in [0, 0.1) is 0 Å². The van der Waals surface area contributed by atoms with E-state index in [2.05, 4.69) is 0 Å². The quantitative estimate of drug-likeness (QED) is 0.710. The molecule has 0 aliphatic heterocycles. The van der Waals surface area contributed by atoms with Gasteiger partial charge in [0.15, 0.2) is 0 Å². The van der Waals surface area contributed by atoms with E-state index in [0.29, 0.717) is 12.0 Å². The average molecular weight is 185 g/mol. The Hall–Kier alpha value is -1.83. The summed E-state index contributed by atoms with van der Waals surface area (Å²) in [5, 5.41) is 0. The van der Waals surface area contributed by atoms with Crippen molar-refractivity contribution in [1.82, 2.24) is 0 Å². The van der Waals surface area contributed by atoms with Gasteiger partial charge in [0.05, 0.1) is 0 Å². The molecule has 0 radical (unpaired) electrons. The second-order valence-corrected chi connectivity index (χ2v) is 3.29. The van der Waals surface area contributed by atoms with Crippen LogP contribution in [0.2, 0.25) is 0 Å². The Balaban J connectivity index is 2.42. The van der Waals surface area contributed by atoms with E-state index in [-0.39, 0.29) is 5.91 Å². The number of fused-ring (bicyclic) bond motifs is 1. The number of carbonyl (C=O) groups is 1. The largest absolute Gasteiger partial charge is 0.366 e. The highest BCUT2D eigenvalue weighted by Crippen LogP contribution is 2.18. The van der Waals surface area contributed by atoms with Gasteiger partial charge in [0.1, 0.15) is 0 Å². The minimum atomic E-state index is -0.341. The Bertz CT molecular complexity index is 430. The fourth-order valence-electron chi connectivity index (χ4n) is 1.56. The highest BCUT2D eigenvalue weighted by atomic mass is 16.1. The molecule has 0 saturated carbocycles. The molecule has 0 saturated heterocycles. The number of rotatable bonds is 1. The Morgan fingerprint density at radius 3 is 2.86 bits per heavy atom. The van der Waals surface area contributed by atoms with Crippen molar-refractivity contribution in [1.29, 1.82) is 0 Å². The molecule has 1 aromatic carbocycles. The Labute approximate surface area is 82.7 Å². The predicted molar refractivity (Wildman–Crippen MR) is 56.5 cm³/mol. The van der Waals surface area contributed by atoms with Gasteiger partial charge in [-0.15, -0.1) is 0 Å². The fraction of sp³-hybridized carbons (Fsp3) is 0.0833. The van der Waals surface area contributed by atoms with E-state index in [9.17, 15) is 4.79 Å². The summed E-state index contributed by atoms with van der Waals surface area (Å²) < 4.78 is 0. The third kappa shape index (κ3) is 1.59. The summed E-state index contributed by atoms with van der Waals surface area (Å²) in [5.41, 5.74) is 8.21. The van der Waals surface area contributed by atoms with Gasteiger partial charge >= 0.3 is 0 Å². The molecule has 0 bridgehead atoms. The zero-order chi connectivity index (χ0) is 9.97. The average Bonchev–Trinajstić information content (AvgIpc) is 2.39. The van der Waals surface area contributed by atoms with Gasteiger partial charge in [-0.2, -0.15) is 0 Å². The number of primary amides is 1. The molecule has 1 aliphatic rings. The molecule has 1 aromatic rings. The van der Waals surface area contributed by atoms with E-state index in [1.165, 1.54) is 0 Å². The topological polar surface area (TPSA) is 43.1 Å². The van der Waals surface area contributed by atoms with Crippen LogP contribution >= 0.6 is 0 Å². The Morgan fingerprint density at radius 2 is 2.07 bits per heavy atom. The van der Waals surface area contributed by atoms with E-state index in [1.54, 1.807) is 6.08 Å². The fourth-order valence-corrected chi connectivity index (χ4v) is 1.56. The van der Waals surface area contributed by atoms with Crippen LogP contribution in [-0.2, 0) is 11.2 Å². The lowest BCUT2D eigenvalue weighted by atomic mass is 10.0. The predicted octanol–water partition coefficient (Wildman–Crippen LogP) is 1.67. The monoisotopic (exact) mass is 185 g/mol. The van der Waals surface area contributed by atoms with Crippen LogP contribution < -0.4 is 5.73 Å². The second-order valence-electron chi connectivity index (χ2n) is 3.29. The van der Waals surface area contributed by atoms with Crippen LogP contribution in [0.3, 0.4) is 0 Å². The van der Waals surface area contributed by atoms with Crippen molar-refractivity contribution in [3.05, 3.63) is 53.1 Å². The summed E-state index contributed by atoms with van der Waals surface area (Å²) in [6, 6.07) is 8.00. The van der Waals surface area contributed by atoms with Gasteiger partial charge in [-0.05, 0) is 11.1 Å². The molecule has 2 rings (SSSR count). The standard InChI is InChI=1S/C12H11NO/c13-12(14)11-7-3-6-9-4-1-2-5-10(9)8-11/h1-7H,8H2,(H2,13,14). The van der Waals surface area contributed by atoms with Crippen LogP contribution in [0.1, 0.15) is 11.1 Å². The molecule has 0 atom stereocenters. The zero-order valence-corrected chi connectivity index (χ0v) is 7.73.